The van der Waals surface area contributed by atoms with E-state index in [4.69, 9.17) is 11.6 Å². The molecule has 5 nitrogen and oxygen atoms in total. The van der Waals surface area contributed by atoms with Crippen LogP contribution in [0.25, 0.3) is 0 Å². The Morgan fingerprint density at radius 2 is 1.92 bits per heavy atom. The van der Waals surface area contributed by atoms with Crippen molar-refractivity contribution in [3.63, 3.8) is 0 Å². The number of hydrogen-bond donors (Lipinski definition) is 1. The second-order valence-electron chi connectivity index (χ2n) is 6.28. The number of rotatable bonds is 6. The zero-order valence-electron chi connectivity index (χ0n) is 14.5. The molecule has 0 aliphatic carbocycles. The number of carbonyl (C=O) groups excluding carboxylic acids is 2. The molecule has 2 heterocycles. The maximum atomic E-state index is 12.3. The van der Waals surface area contributed by atoms with Gasteiger partial charge in [0.05, 0.1) is 11.4 Å². The molecule has 0 saturated carbocycles. The third kappa shape index (κ3) is 5.30. The van der Waals surface area contributed by atoms with Crippen molar-refractivity contribution >= 4 is 34.8 Å². The summed E-state index contributed by atoms with van der Waals surface area (Å²) in [5.74, 6) is 0.107. The summed E-state index contributed by atoms with van der Waals surface area (Å²) in [6.45, 7) is 3.73. The highest BCUT2D eigenvalue weighted by Gasteiger charge is 2.23. The summed E-state index contributed by atoms with van der Waals surface area (Å²) < 4.78 is 0. The maximum Gasteiger partial charge on any atom is 0.264 e. The number of benzene rings is 1. The molecule has 0 unspecified atom stereocenters. The Bertz CT molecular complexity index is 743. The van der Waals surface area contributed by atoms with Crippen LogP contribution in [0.5, 0.6) is 0 Å². The Hall–Kier alpha value is -1.89. The minimum atomic E-state index is 0.0186. The largest absolute Gasteiger partial charge is 0.355 e. The van der Waals surface area contributed by atoms with E-state index in [0.717, 1.165) is 30.0 Å². The van der Waals surface area contributed by atoms with E-state index < -0.39 is 0 Å². The molecular weight excluding hydrogens is 370 g/mol. The Balaban J connectivity index is 1.36. The van der Waals surface area contributed by atoms with Crippen LogP contribution < -0.4 is 5.32 Å². The van der Waals surface area contributed by atoms with Crippen LogP contribution >= 0.6 is 22.9 Å². The van der Waals surface area contributed by atoms with Gasteiger partial charge in [0.25, 0.3) is 5.91 Å². The van der Waals surface area contributed by atoms with Crippen molar-refractivity contribution in [2.24, 2.45) is 0 Å². The first-order valence-corrected chi connectivity index (χ1v) is 9.94. The molecule has 1 saturated heterocycles. The Morgan fingerprint density at radius 1 is 1.12 bits per heavy atom. The van der Waals surface area contributed by atoms with Crippen LogP contribution in [0.4, 0.5) is 0 Å². The van der Waals surface area contributed by atoms with Crippen LogP contribution in [-0.2, 0) is 11.2 Å². The van der Waals surface area contributed by atoms with E-state index in [-0.39, 0.29) is 11.8 Å². The standard InChI is InChI=1S/C19H22ClN3O2S/c20-16-4-1-3-15(13-16)6-7-21-18(24)14-22-8-10-23(11-9-22)19(25)17-5-2-12-26-17/h1-5,12-13H,6-11,14H2,(H,21,24). The number of carbonyl (C=O) groups is 2. The zero-order chi connectivity index (χ0) is 18.4. The van der Waals surface area contributed by atoms with Gasteiger partial charge in [0.2, 0.25) is 5.91 Å². The molecule has 1 aliphatic rings. The van der Waals surface area contributed by atoms with Crippen molar-refractivity contribution in [3.8, 4) is 0 Å². The summed E-state index contributed by atoms with van der Waals surface area (Å²) in [5, 5.41) is 5.58. The maximum absolute atomic E-state index is 12.3. The number of amides is 2. The highest BCUT2D eigenvalue weighted by Crippen LogP contribution is 2.14. The third-order valence-corrected chi connectivity index (χ3v) is 5.48. The lowest BCUT2D eigenvalue weighted by Gasteiger charge is -2.34. The van der Waals surface area contributed by atoms with Gasteiger partial charge >= 0.3 is 0 Å². The van der Waals surface area contributed by atoms with E-state index in [9.17, 15) is 9.59 Å². The van der Waals surface area contributed by atoms with Gasteiger partial charge in [-0.15, -0.1) is 11.3 Å². The fourth-order valence-corrected chi connectivity index (χ4v) is 3.87. The first kappa shape index (κ1) is 18.9. The van der Waals surface area contributed by atoms with Crippen LogP contribution in [0.15, 0.2) is 41.8 Å². The van der Waals surface area contributed by atoms with Gasteiger partial charge in [-0.3, -0.25) is 14.5 Å². The minimum absolute atomic E-state index is 0.0186. The summed E-state index contributed by atoms with van der Waals surface area (Å²) in [4.78, 5) is 29.2. The number of thiophene rings is 1. The SMILES string of the molecule is O=C(CN1CCN(C(=O)c2cccs2)CC1)NCCc1cccc(Cl)c1. The van der Waals surface area contributed by atoms with E-state index in [0.29, 0.717) is 31.2 Å². The van der Waals surface area contributed by atoms with Crippen LogP contribution in [-0.4, -0.2) is 60.9 Å². The summed E-state index contributed by atoms with van der Waals surface area (Å²) in [5.41, 5.74) is 1.11. The predicted octanol–water partition coefficient (Wildman–Crippen LogP) is 2.52. The van der Waals surface area contributed by atoms with E-state index in [2.05, 4.69) is 10.2 Å². The second kappa shape index (κ2) is 9.16. The normalized spacial score (nSPS) is 15.0. The van der Waals surface area contributed by atoms with E-state index in [1.807, 2.05) is 46.7 Å². The van der Waals surface area contributed by atoms with Crippen molar-refractivity contribution in [2.45, 2.75) is 6.42 Å². The van der Waals surface area contributed by atoms with Crippen molar-refractivity contribution < 1.29 is 9.59 Å². The van der Waals surface area contributed by atoms with Crippen LogP contribution in [0, 0.1) is 0 Å². The molecule has 26 heavy (non-hydrogen) atoms. The molecule has 1 aromatic heterocycles. The fraction of sp³-hybridized carbons (Fsp3) is 0.368. The van der Waals surface area contributed by atoms with Crippen LogP contribution in [0.1, 0.15) is 15.2 Å². The fourth-order valence-electron chi connectivity index (χ4n) is 2.96. The quantitative estimate of drug-likeness (QED) is 0.823. The molecule has 0 spiro atoms. The lowest BCUT2D eigenvalue weighted by Crippen LogP contribution is -2.51. The molecule has 0 atom stereocenters. The Labute approximate surface area is 162 Å². The van der Waals surface area contributed by atoms with Crippen molar-refractivity contribution in [1.82, 2.24) is 15.1 Å². The minimum Gasteiger partial charge on any atom is -0.355 e. The smallest absolute Gasteiger partial charge is 0.264 e. The van der Waals surface area contributed by atoms with Crippen LogP contribution in [0.2, 0.25) is 5.02 Å². The summed E-state index contributed by atoms with van der Waals surface area (Å²) >= 11 is 7.43. The van der Waals surface area contributed by atoms with Gasteiger partial charge in [-0.05, 0) is 35.6 Å². The monoisotopic (exact) mass is 391 g/mol. The summed E-state index contributed by atoms with van der Waals surface area (Å²) in [6, 6.07) is 11.4. The topological polar surface area (TPSA) is 52.7 Å². The predicted molar refractivity (Wildman–Crippen MR) is 105 cm³/mol. The van der Waals surface area contributed by atoms with E-state index >= 15 is 0 Å². The van der Waals surface area contributed by atoms with Gasteiger partial charge in [-0.2, -0.15) is 0 Å². The number of piperazine rings is 1. The highest BCUT2D eigenvalue weighted by molar-refractivity contribution is 7.12. The lowest BCUT2D eigenvalue weighted by molar-refractivity contribution is -0.122. The first-order chi connectivity index (χ1) is 12.6. The zero-order valence-corrected chi connectivity index (χ0v) is 16.1. The van der Waals surface area contributed by atoms with Gasteiger partial charge in [-0.1, -0.05) is 29.8 Å². The number of halogens is 1. The number of nitrogens with zero attached hydrogens (tertiary/aromatic N) is 2. The third-order valence-electron chi connectivity index (χ3n) is 4.38. The van der Waals surface area contributed by atoms with Gasteiger partial charge in [0, 0.05) is 37.7 Å². The lowest BCUT2D eigenvalue weighted by atomic mass is 10.1. The highest BCUT2D eigenvalue weighted by atomic mass is 35.5. The van der Waals surface area contributed by atoms with Gasteiger partial charge in [0.15, 0.2) is 0 Å². The second-order valence-corrected chi connectivity index (χ2v) is 7.66. The first-order valence-electron chi connectivity index (χ1n) is 8.68. The molecule has 7 heteroatoms. The molecule has 3 rings (SSSR count). The van der Waals surface area contributed by atoms with Gasteiger partial charge < -0.3 is 10.2 Å². The van der Waals surface area contributed by atoms with Crippen LogP contribution in [0.3, 0.4) is 0 Å². The molecule has 1 fully saturated rings. The molecule has 0 bridgehead atoms. The molecule has 2 aromatic rings. The molecule has 2 amide bonds. The van der Waals surface area contributed by atoms with Crippen molar-refractivity contribution in [2.75, 3.05) is 39.3 Å². The number of hydrogen-bond acceptors (Lipinski definition) is 4. The summed E-state index contributed by atoms with van der Waals surface area (Å²) in [7, 11) is 0. The van der Waals surface area contributed by atoms with Gasteiger partial charge in [-0.25, -0.2) is 0 Å². The molecule has 1 N–H and O–H groups in total. The molecular formula is C19H22ClN3O2S. The average Bonchev–Trinajstić information content (AvgIpc) is 3.16. The number of nitrogens with one attached hydrogen (secondary N) is 1. The molecule has 1 aromatic carbocycles. The Morgan fingerprint density at radius 3 is 2.62 bits per heavy atom. The average molecular weight is 392 g/mol. The molecule has 0 radical (unpaired) electrons. The van der Waals surface area contributed by atoms with Crippen molar-refractivity contribution in [3.05, 3.63) is 57.2 Å². The summed E-state index contributed by atoms with van der Waals surface area (Å²) in [6.07, 6.45) is 0.759. The van der Waals surface area contributed by atoms with Crippen molar-refractivity contribution in [1.29, 1.82) is 0 Å². The van der Waals surface area contributed by atoms with E-state index in [1.54, 1.807) is 0 Å². The Kier molecular flexibility index (Phi) is 6.66. The van der Waals surface area contributed by atoms with Gasteiger partial charge in [0.1, 0.15) is 0 Å². The molecule has 1 aliphatic heterocycles. The molecule has 138 valence electrons. The van der Waals surface area contributed by atoms with E-state index in [1.165, 1.54) is 11.3 Å².